The third-order valence-corrected chi connectivity index (χ3v) is 6.11. The Morgan fingerprint density at radius 3 is 2.71 bits per heavy atom. The molecule has 2 atom stereocenters. The number of halogens is 3. The molecule has 0 bridgehead atoms. The number of benzene rings is 2. The van der Waals surface area contributed by atoms with Crippen molar-refractivity contribution in [2.75, 3.05) is 19.7 Å². The Balaban J connectivity index is 1.35. The molecule has 180 valence electrons. The Morgan fingerprint density at radius 1 is 1.15 bits per heavy atom. The van der Waals surface area contributed by atoms with Gasteiger partial charge >= 0.3 is 0 Å². The number of nitrogens with zero attached hydrogens (tertiary/aromatic N) is 2. The molecule has 3 aromatic rings. The number of aliphatic hydroxyl groups excluding tert-OH is 1. The van der Waals surface area contributed by atoms with Crippen LogP contribution in [0.1, 0.15) is 23.3 Å². The van der Waals surface area contributed by atoms with Gasteiger partial charge in [-0.3, -0.25) is 4.90 Å². The Morgan fingerprint density at radius 2 is 1.97 bits per heavy atom. The van der Waals surface area contributed by atoms with Gasteiger partial charge in [-0.1, -0.05) is 46.6 Å². The lowest BCUT2D eigenvalue weighted by Gasteiger charge is -2.27. The molecular weight excluding hydrogens is 482 g/mol. The molecule has 34 heavy (non-hydrogen) atoms. The van der Waals surface area contributed by atoms with E-state index in [0.717, 1.165) is 16.8 Å². The topological polar surface area (TPSA) is 67.4 Å². The number of oxime groups is 1. The highest BCUT2D eigenvalue weighted by Crippen LogP contribution is 2.26. The summed E-state index contributed by atoms with van der Waals surface area (Å²) in [6.45, 7) is 1.81. The zero-order chi connectivity index (χ0) is 23.9. The van der Waals surface area contributed by atoms with Crippen molar-refractivity contribution >= 4 is 28.9 Å². The predicted octanol–water partition coefficient (Wildman–Crippen LogP) is 5.30. The quantitative estimate of drug-likeness (QED) is 0.382. The highest BCUT2D eigenvalue weighted by Gasteiger charge is 2.26. The molecule has 0 saturated carbocycles. The molecule has 9 heteroatoms. The van der Waals surface area contributed by atoms with Gasteiger partial charge < -0.3 is 19.1 Å². The summed E-state index contributed by atoms with van der Waals surface area (Å²) in [6.07, 6.45) is 1.23. The predicted molar refractivity (Wildman–Crippen MR) is 129 cm³/mol. The summed E-state index contributed by atoms with van der Waals surface area (Å²) in [5, 5.41) is 15.7. The standard InChI is InChI=1S/C25H25Cl2FN2O4/c26-23-8-5-18(10-24(23)27)25-11-22(34-29-25)14-30(12-17-3-6-19(28)7-4-17)13-20(31)15-32-16-21-2-1-9-33-21/h1-10,20,22,31H,11-16H2/t20-,22+/m1/s1. The van der Waals surface area contributed by atoms with E-state index in [9.17, 15) is 9.50 Å². The van der Waals surface area contributed by atoms with E-state index in [2.05, 4.69) is 5.16 Å². The van der Waals surface area contributed by atoms with E-state index < -0.39 is 6.10 Å². The summed E-state index contributed by atoms with van der Waals surface area (Å²) in [7, 11) is 0. The van der Waals surface area contributed by atoms with Gasteiger partial charge in [-0.05, 0) is 42.0 Å². The minimum atomic E-state index is -0.729. The summed E-state index contributed by atoms with van der Waals surface area (Å²) in [4.78, 5) is 7.72. The molecule has 2 heterocycles. The molecule has 0 unspecified atom stereocenters. The van der Waals surface area contributed by atoms with Crippen molar-refractivity contribution in [3.05, 3.63) is 93.6 Å². The molecule has 6 nitrogen and oxygen atoms in total. The maximum atomic E-state index is 13.3. The van der Waals surface area contributed by atoms with Crippen molar-refractivity contribution in [2.45, 2.75) is 31.8 Å². The zero-order valence-electron chi connectivity index (χ0n) is 18.4. The van der Waals surface area contributed by atoms with Gasteiger partial charge in [0.1, 0.15) is 24.3 Å². The first-order valence-electron chi connectivity index (χ1n) is 10.9. The molecule has 0 spiro atoms. The van der Waals surface area contributed by atoms with Crippen molar-refractivity contribution < 1.29 is 23.5 Å². The average molecular weight is 507 g/mol. The maximum absolute atomic E-state index is 13.3. The van der Waals surface area contributed by atoms with Crippen LogP contribution in [0.4, 0.5) is 4.39 Å². The number of rotatable bonds is 11. The van der Waals surface area contributed by atoms with Gasteiger partial charge in [0.25, 0.3) is 0 Å². The largest absolute Gasteiger partial charge is 0.467 e. The van der Waals surface area contributed by atoms with Crippen LogP contribution >= 0.6 is 23.2 Å². The number of aliphatic hydroxyl groups is 1. The van der Waals surface area contributed by atoms with E-state index in [-0.39, 0.29) is 25.1 Å². The number of furan rings is 1. The fourth-order valence-electron chi connectivity index (χ4n) is 3.75. The fourth-order valence-corrected chi connectivity index (χ4v) is 4.05. The third kappa shape index (κ3) is 7.04. The average Bonchev–Trinajstić information content (AvgIpc) is 3.50. The molecule has 0 amide bonds. The summed E-state index contributed by atoms with van der Waals surface area (Å²) in [5.41, 5.74) is 2.56. The molecular formula is C25H25Cl2FN2O4. The van der Waals surface area contributed by atoms with Crippen molar-refractivity contribution in [2.24, 2.45) is 5.16 Å². The summed E-state index contributed by atoms with van der Waals surface area (Å²) < 4.78 is 24.2. The first-order valence-corrected chi connectivity index (χ1v) is 11.6. The van der Waals surface area contributed by atoms with Crippen molar-refractivity contribution in [3.63, 3.8) is 0 Å². The first-order chi connectivity index (χ1) is 16.5. The van der Waals surface area contributed by atoms with Crippen LogP contribution in [-0.2, 0) is 22.7 Å². The molecule has 1 aliphatic heterocycles. The summed E-state index contributed by atoms with van der Waals surface area (Å²) in [6, 6.07) is 15.3. The molecule has 2 aromatic carbocycles. The molecule has 4 rings (SSSR count). The van der Waals surface area contributed by atoms with Gasteiger partial charge in [0.05, 0.1) is 34.7 Å². The van der Waals surface area contributed by atoms with Crippen LogP contribution < -0.4 is 0 Å². The van der Waals surface area contributed by atoms with Crippen LogP contribution in [0.25, 0.3) is 0 Å². The second kappa shape index (κ2) is 11.8. The Kier molecular flexibility index (Phi) is 8.59. The first kappa shape index (κ1) is 24.7. The van der Waals surface area contributed by atoms with Gasteiger partial charge in [-0.2, -0.15) is 0 Å². The SMILES string of the molecule is O[C@@H](COCc1ccco1)CN(Cc1ccc(F)cc1)C[C@@H]1CC(c2ccc(Cl)c(Cl)c2)=NO1. The van der Waals surface area contributed by atoms with Gasteiger partial charge in [0.15, 0.2) is 0 Å². The van der Waals surface area contributed by atoms with E-state index in [0.29, 0.717) is 41.9 Å². The van der Waals surface area contributed by atoms with Gasteiger partial charge in [0.2, 0.25) is 0 Å². The smallest absolute Gasteiger partial charge is 0.145 e. The lowest BCUT2D eigenvalue weighted by atomic mass is 10.0. The lowest BCUT2D eigenvalue weighted by molar-refractivity contribution is -0.00956. The van der Waals surface area contributed by atoms with Crippen LogP contribution in [0.2, 0.25) is 10.0 Å². The monoisotopic (exact) mass is 506 g/mol. The van der Waals surface area contributed by atoms with Crippen LogP contribution in [0.5, 0.6) is 0 Å². The minimum absolute atomic E-state index is 0.150. The second-order valence-electron chi connectivity index (χ2n) is 8.17. The van der Waals surface area contributed by atoms with E-state index in [1.807, 2.05) is 17.0 Å². The molecule has 1 aromatic heterocycles. The van der Waals surface area contributed by atoms with Gasteiger partial charge in [0, 0.05) is 31.6 Å². The van der Waals surface area contributed by atoms with Crippen molar-refractivity contribution in [3.8, 4) is 0 Å². The van der Waals surface area contributed by atoms with Crippen molar-refractivity contribution in [1.29, 1.82) is 0 Å². The molecule has 0 radical (unpaired) electrons. The Labute approximate surface area is 207 Å². The normalized spacial score (nSPS) is 16.5. The number of hydrogen-bond acceptors (Lipinski definition) is 6. The van der Waals surface area contributed by atoms with Gasteiger partial charge in [-0.15, -0.1) is 0 Å². The lowest BCUT2D eigenvalue weighted by Crippen LogP contribution is -2.39. The summed E-state index contributed by atoms with van der Waals surface area (Å²) >= 11 is 12.2. The zero-order valence-corrected chi connectivity index (χ0v) is 19.9. The van der Waals surface area contributed by atoms with E-state index in [1.54, 1.807) is 36.6 Å². The molecule has 1 N–H and O–H groups in total. The molecule has 1 aliphatic rings. The second-order valence-corrected chi connectivity index (χ2v) is 8.98. The highest BCUT2D eigenvalue weighted by atomic mass is 35.5. The van der Waals surface area contributed by atoms with Gasteiger partial charge in [-0.25, -0.2) is 4.39 Å². The van der Waals surface area contributed by atoms with E-state index in [4.69, 9.17) is 37.2 Å². The molecule has 0 saturated heterocycles. The molecule has 0 aliphatic carbocycles. The van der Waals surface area contributed by atoms with E-state index >= 15 is 0 Å². The van der Waals surface area contributed by atoms with Crippen LogP contribution in [0.3, 0.4) is 0 Å². The number of ether oxygens (including phenoxy) is 1. The Bertz CT molecular complexity index is 1090. The highest BCUT2D eigenvalue weighted by molar-refractivity contribution is 6.42. The van der Waals surface area contributed by atoms with E-state index in [1.165, 1.54) is 12.1 Å². The van der Waals surface area contributed by atoms with Crippen LogP contribution in [0, 0.1) is 5.82 Å². The summed E-state index contributed by atoms with van der Waals surface area (Å²) in [5.74, 6) is 0.405. The maximum Gasteiger partial charge on any atom is 0.145 e. The van der Waals surface area contributed by atoms with Crippen LogP contribution in [0.15, 0.2) is 70.4 Å². The van der Waals surface area contributed by atoms with Crippen LogP contribution in [-0.4, -0.2) is 47.6 Å². The fraction of sp³-hybridized carbons (Fsp3) is 0.320. The Hall–Kier alpha value is -2.42. The number of hydrogen-bond donors (Lipinski definition) is 1. The minimum Gasteiger partial charge on any atom is -0.467 e. The third-order valence-electron chi connectivity index (χ3n) is 5.37. The molecule has 0 fully saturated rings. The van der Waals surface area contributed by atoms with Crippen molar-refractivity contribution in [1.82, 2.24) is 4.90 Å².